The van der Waals surface area contributed by atoms with Crippen molar-refractivity contribution in [3.63, 3.8) is 0 Å². The Bertz CT molecular complexity index is 1010. The average Bonchev–Trinajstić information content (AvgIpc) is 3.06. The van der Waals surface area contributed by atoms with Gasteiger partial charge in [0, 0.05) is 67.2 Å². The SMILES string of the molecule is CCOC(=O)c1ccc(N2CCN(Cc3cc4c(Br)ccnc4n3C)CC2)cc1. The molecular weight excluding hydrogens is 432 g/mol. The molecule has 0 amide bonds. The quantitative estimate of drug-likeness (QED) is 0.545. The van der Waals surface area contributed by atoms with Crippen LogP contribution in [0.3, 0.4) is 0 Å². The van der Waals surface area contributed by atoms with E-state index in [4.69, 9.17) is 4.74 Å². The second-order valence-corrected chi connectivity index (χ2v) is 8.11. The number of carbonyl (C=O) groups is 1. The van der Waals surface area contributed by atoms with Crippen molar-refractivity contribution in [2.24, 2.45) is 7.05 Å². The predicted octanol–water partition coefficient (Wildman–Crippen LogP) is 3.83. The fraction of sp³-hybridized carbons (Fsp3) is 0.364. The Labute approximate surface area is 179 Å². The number of benzene rings is 1. The number of esters is 1. The van der Waals surface area contributed by atoms with E-state index in [0.717, 1.165) is 53.9 Å². The number of nitrogens with zero attached hydrogens (tertiary/aromatic N) is 4. The predicted molar refractivity (Wildman–Crippen MR) is 118 cm³/mol. The van der Waals surface area contributed by atoms with E-state index in [1.807, 2.05) is 43.5 Å². The van der Waals surface area contributed by atoms with Crippen molar-refractivity contribution in [1.29, 1.82) is 0 Å². The summed E-state index contributed by atoms with van der Waals surface area (Å²) in [5.41, 5.74) is 4.03. The van der Waals surface area contributed by atoms with Crippen molar-refractivity contribution in [1.82, 2.24) is 14.5 Å². The van der Waals surface area contributed by atoms with E-state index in [-0.39, 0.29) is 5.97 Å². The van der Waals surface area contributed by atoms with Gasteiger partial charge in [-0.1, -0.05) is 0 Å². The summed E-state index contributed by atoms with van der Waals surface area (Å²) >= 11 is 3.62. The number of aromatic nitrogens is 2. The van der Waals surface area contributed by atoms with E-state index in [1.54, 1.807) is 0 Å². The number of pyridine rings is 1. The number of aryl methyl sites for hydroxylation is 1. The molecule has 3 heterocycles. The minimum absolute atomic E-state index is 0.264. The van der Waals surface area contributed by atoms with Crippen LogP contribution < -0.4 is 4.90 Å². The number of hydrogen-bond acceptors (Lipinski definition) is 5. The van der Waals surface area contributed by atoms with Gasteiger partial charge in [-0.05, 0) is 59.3 Å². The molecular formula is C22H25BrN4O2. The standard InChI is InChI=1S/C22H25BrN4O2/c1-3-29-22(28)16-4-6-17(7-5-16)27-12-10-26(11-13-27)15-18-14-19-20(23)8-9-24-21(19)25(18)2/h4-9,14H,3,10-13,15H2,1-2H3. The molecule has 1 aliphatic heterocycles. The Kier molecular flexibility index (Phi) is 5.87. The first kappa shape index (κ1) is 19.9. The maximum atomic E-state index is 11.8. The first-order chi connectivity index (χ1) is 14.1. The van der Waals surface area contributed by atoms with Gasteiger partial charge in [-0.2, -0.15) is 0 Å². The Balaban J connectivity index is 1.38. The number of anilines is 1. The maximum absolute atomic E-state index is 11.8. The van der Waals surface area contributed by atoms with Crippen LogP contribution in [0.2, 0.25) is 0 Å². The molecule has 0 atom stereocenters. The number of carbonyl (C=O) groups excluding carboxylic acids is 1. The molecule has 0 saturated carbocycles. The fourth-order valence-electron chi connectivity index (χ4n) is 3.81. The van der Waals surface area contributed by atoms with Gasteiger partial charge in [0.1, 0.15) is 5.65 Å². The molecule has 1 aromatic carbocycles. The van der Waals surface area contributed by atoms with E-state index in [0.29, 0.717) is 12.2 Å². The largest absolute Gasteiger partial charge is 0.462 e. The molecule has 0 bridgehead atoms. The highest BCUT2D eigenvalue weighted by molar-refractivity contribution is 9.10. The Morgan fingerprint density at radius 3 is 2.52 bits per heavy atom. The van der Waals surface area contributed by atoms with Crippen LogP contribution in [-0.2, 0) is 18.3 Å². The van der Waals surface area contributed by atoms with Crippen LogP contribution in [0.1, 0.15) is 23.0 Å². The molecule has 4 rings (SSSR count). The molecule has 1 aliphatic rings. The Morgan fingerprint density at radius 1 is 1.14 bits per heavy atom. The molecule has 1 saturated heterocycles. The van der Waals surface area contributed by atoms with Gasteiger partial charge >= 0.3 is 5.97 Å². The van der Waals surface area contributed by atoms with Crippen LogP contribution >= 0.6 is 15.9 Å². The van der Waals surface area contributed by atoms with Gasteiger partial charge in [-0.15, -0.1) is 0 Å². The summed E-state index contributed by atoms with van der Waals surface area (Å²) in [6.07, 6.45) is 1.84. The van der Waals surface area contributed by atoms with Gasteiger partial charge in [0.25, 0.3) is 0 Å². The molecule has 152 valence electrons. The van der Waals surface area contributed by atoms with Crippen molar-refractivity contribution >= 4 is 38.6 Å². The van der Waals surface area contributed by atoms with Crippen LogP contribution in [0, 0.1) is 0 Å². The van der Waals surface area contributed by atoms with Gasteiger partial charge in [-0.25, -0.2) is 9.78 Å². The van der Waals surface area contributed by atoms with E-state index in [9.17, 15) is 4.79 Å². The van der Waals surface area contributed by atoms with Crippen LogP contribution in [-0.4, -0.2) is 53.2 Å². The van der Waals surface area contributed by atoms with Crippen molar-refractivity contribution in [3.05, 3.63) is 58.3 Å². The third kappa shape index (κ3) is 4.16. The zero-order valence-electron chi connectivity index (χ0n) is 16.8. The number of fused-ring (bicyclic) bond motifs is 1. The number of hydrogen-bond donors (Lipinski definition) is 0. The second kappa shape index (κ2) is 8.55. The number of ether oxygens (including phenoxy) is 1. The zero-order valence-corrected chi connectivity index (χ0v) is 18.4. The third-order valence-electron chi connectivity index (χ3n) is 5.48. The van der Waals surface area contributed by atoms with E-state index in [2.05, 4.69) is 48.4 Å². The molecule has 1 fully saturated rings. The van der Waals surface area contributed by atoms with Gasteiger partial charge in [-0.3, -0.25) is 4.90 Å². The van der Waals surface area contributed by atoms with Crippen molar-refractivity contribution in [3.8, 4) is 0 Å². The molecule has 0 unspecified atom stereocenters. The lowest BCUT2D eigenvalue weighted by molar-refractivity contribution is 0.0526. The molecule has 0 radical (unpaired) electrons. The van der Waals surface area contributed by atoms with Gasteiger partial charge in [0.2, 0.25) is 0 Å². The van der Waals surface area contributed by atoms with Gasteiger partial charge in [0.15, 0.2) is 0 Å². The van der Waals surface area contributed by atoms with Crippen molar-refractivity contribution < 1.29 is 9.53 Å². The van der Waals surface area contributed by atoms with Gasteiger partial charge < -0.3 is 14.2 Å². The number of piperazine rings is 1. The summed E-state index contributed by atoms with van der Waals surface area (Å²) < 4.78 is 8.32. The Hall–Kier alpha value is -2.38. The maximum Gasteiger partial charge on any atom is 0.338 e. The lowest BCUT2D eigenvalue weighted by atomic mass is 10.1. The highest BCUT2D eigenvalue weighted by atomic mass is 79.9. The average molecular weight is 457 g/mol. The molecule has 2 aromatic heterocycles. The van der Waals surface area contributed by atoms with Gasteiger partial charge in [0.05, 0.1) is 12.2 Å². The smallest absolute Gasteiger partial charge is 0.338 e. The zero-order chi connectivity index (χ0) is 20.4. The molecule has 0 aliphatic carbocycles. The second-order valence-electron chi connectivity index (χ2n) is 7.26. The van der Waals surface area contributed by atoms with Crippen LogP contribution in [0.25, 0.3) is 11.0 Å². The first-order valence-corrected chi connectivity index (χ1v) is 10.7. The number of rotatable bonds is 5. The minimum atomic E-state index is -0.264. The summed E-state index contributed by atoms with van der Waals surface area (Å²) in [6, 6.07) is 11.9. The highest BCUT2D eigenvalue weighted by Gasteiger charge is 2.19. The number of halogens is 1. The molecule has 0 N–H and O–H groups in total. The van der Waals surface area contributed by atoms with E-state index < -0.39 is 0 Å². The first-order valence-electron chi connectivity index (χ1n) is 9.90. The minimum Gasteiger partial charge on any atom is -0.462 e. The molecule has 29 heavy (non-hydrogen) atoms. The molecule has 6 nitrogen and oxygen atoms in total. The summed E-state index contributed by atoms with van der Waals surface area (Å²) in [5.74, 6) is -0.264. The van der Waals surface area contributed by atoms with Crippen LogP contribution in [0.5, 0.6) is 0 Å². The topological polar surface area (TPSA) is 50.6 Å². The lowest BCUT2D eigenvalue weighted by Crippen LogP contribution is -2.46. The normalized spacial score (nSPS) is 15.1. The fourth-order valence-corrected chi connectivity index (χ4v) is 4.22. The monoisotopic (exact) mass is 456 g/mol. The Morgan fingerprint density at radius 2 is 1.86 bits per heavy atom. The summed E-state index contributed by atoms with van der Waals surface area (Å²) in [5, 5.41) is 1.16. The van der Waals surface area contributed by atoms with E-state index >= 15 is 0 Å². The van der Waals surface area contributed by atoms with Crippen LogP contribution in [0.4, 0.5) is 5.69 Å². The summed E-state index contributed by atoms with van der Waals surface area (Å²) in [6.45, 7) is 7.04. The molecule has 7 heteroatoms. The highest BCUT2D eigenvalue weighted by Crippen LogP contribution is 2.26. The molecule has 3 aromatic rings. The summed E-state index contributed by atoms with van der Waals surface area (Å²) in [7, 11) is 2.08. The third-order valence-corrected chi connectivity index (χ3v) is 6.17. The van der Waals surface area contributed by atoms with Crippen LogP contribution in [0.15, 0.2) is 47.1 Å². The van der Waals surface area contributed by atoms with Crippen molar-refractivity contribution in [2.75, 3.05) is 37.7 Å². The molecule has 0 spiro atoms. The van der Waals surface area contributed by atoms with E-state index in [1.165, 1.54) is 5.69 Å². The lowest BCUT2D eigenvalue weighted by Gasteiger charge is -2.36. The van der Waals surface area contributed by atoms with Crippen molar-refractivity contribution in [2.45, 2.75) is 13.5 Å². The summed E-state index contributed by atoms with van der Waals surface area (Å²) in [4.78, 5) is 21.2.